The topological polar surface area (TPSA) is 55.6 Å². The van der Waals surface area contributed by atoms with Gasteiger partial charge in [-0.3, -0.25) is 4.79 Å². The van der Waals surface area contributed by atoms with Gasteiger partial charge in [-0.05, 0) is 26.2 Å². The van der Waals surface area contributed by atoms with E-state index in [4.69, 9.17) is 10.5 Å². The van der Waals surface area contributed by atoms with E-state index in [0.717, 1.165) is 45.4 Å². The van der Waals surface area contributed by atoms with E-state index >= 15 is 0 Å². The molecule has 0 aromatic heterocycles. The van der Waals surface area contributed by atoms with E-state index in [9.17, 15) is 4.79 Å². The summed E-state index contributed by atoms with van der Waals surface area (Å²) in [6.07, 6.45) is 4.85. The summed E-state index contributed by atoms with van der Waals surface area (Å²) in [5, 5.41) is 0. The van der Waals surface area contributed by atoms with Crippen LogP contribution in [0.3, 0.4) is 0 Å². The van der Waals surface area contributed by atoms with Gasteiger partial charge in [-0.25, -0.2) is 0 Å². The van der Waals surface area contributed by atoms with Gasteiger partial charge in [-0.1, -0.05) is 13.3 Å². The molecule has 1 amide bonds. The predicted octanol–water partition coefficient (Wildman–Crippen LogP) is 1.53. The number of carbonyl (C=O) groups is 1. The minimum absolute atomic E-state index is 0.00560. The molecule has 17 heavy (non-hydrogen) atoms. The minimum atomic E-state index is 0.00560. The molecule has 0 radical (unpaired) electrons. The van der Waals surface area contributed by atoms with E-state index in [1.165, 1.54) is 0 Å². The fourth-order valence-electron chi connectivity index (χ4n) is 2.27. The summed E-state index contributed by atoms with van der Waals surface area (Å²) in [6, 6.07) is 0.00560. The number of hydrogen-bond donors (Lipinski definition) is 1. The summed E-state index contributed by atoms with van der Waals surface area (Å²) in [7, 11) is 0. The molecule has 1 saturated heterocycles. The molecule has 1 heterocycles. The van der Waals surface area contributed by atoms with Crippen molar-refractivity contribution in [2.24, 2.45) is 5.73 Å². The maximum Gasteiger partial charge on any atom is 0.224 e. The van der Waals surface area contributed by atoms with E-state index in [1.54, 1.807) is 0 Å². The Morgan fingerprint density at radius 1 is 1.53 bits per heavy atom. The van der Waals surface area contributed by atoms with Crippen LogP contribution >= 0.6 is 0 Å². The van der Waals surface area contributed by atoms with Gasteiger partial charge in [0.2, 0.25) is 5.91 Å². The molecular formula is C13H26N2O2. The summed E-state index contributed by atoms with van der Waals surface area (Å²) in [5.41, 5.74) is 5.91. The van der Waals surface area contributed by atoms with E-state index < -0.39 is 0 Å². The maximum absolute atomic E-state index is 12.0. The van der Waals surface area contributed by atoms with Crippen molar-refractivity contribution >= 4 is 5.91 Å². The van der Waals surface area contributed by atoms with Crippen LogP contribution in [0.1, 0.15) is 46.0 Å². The second kappa shape index (κ2) is 7.67. The van der Waals surface area contributed by atoms with Gasteiger partial charge < -0.3 is 15.4 Å². The normalized spacial score (nSPS) is 21.5. The number of rotatable bonds is 7. The highest BCUT2D eigenvalue weighted by Gasteiger charge is 2.22. The number of nitrogens with zero attached hydrogens (tertiary/aromatic N) is 1. The Labute approximate surface area is 104 Å². The van der Waals surface area contributed by atoms with Crippen molar-refractivity contribution in [3.8, 4) is 0 Å². The SMILES string of the molecule is CCCC(N)CC(=O)N(CC)CC1CCCO1. The quantitative estimate of drug-likeness (QED) is 0.736. The van der Waals surface area contributed by atoms with Gasteiger partial charge in [0.1, 0.15) is 0 Å². The largest absolute Gasteiger partial charge is 0.376 e. The van der Waals surface area contributed by atoms with Crippen molar-refractivity contribution in [2.45, 2.75) is 58.1 Å². The Kier molecular flexibility index (Phi) is 6.52. The molecule has 0 aliphatic carbocycles. The Morgan fingerprint density at radius 2 is 2.29 bits per heavy atom. The van der Waals surface area contributed by atoms with Gasteiger partial charge in [0.15, 0.2) is 0 Å². The molecule has 1 fully saturated rings. The highest BCUT2D eigenvalue weighted by Crippen LogP contribution is 2.14. The lowest BCUT2D eigenvalue weighted by molar-refractivity contribution is -0.132. The van der Waals surface area contributed by atoms with Crippen LogP contribution in [0.15, 0.2) is 0 Å². The molecule has 1 aliphatic rings. The Hall–Kier alpha value is -0.610. The van der Waals surface area contributed by atoms with Crippen LogP contribution in [0.2, 0.25) is 0 Å². The zero-order valence-corrected chi connectivity index (χ0v) is 11.2. The molecule has 100 valence electrons. The number of nitrogens with two attached hydrogens (primary N) is 1. The van der Waals surface area contributed by atoms with Crippen LogP contribution in [0, 0.1) is 0 Å². The molecule has 1 rings (SSSR count). The molecule has 0 saturated carbocycles. The fraction of sp³-hybridized carbons (Fsp3) is 0.923. The summed E-state index contributed by atoms with van der Waals surface area (Å²) in [4.78, 5) is 13.9. The Morgan fingerprint density at radius 3 is 2.82 bits per heavy atom. The van der Waals surface area contributed by atoms with Crippen molar-refractivity contribution < 1.29 is 9.53 Å². The van der Waals surface area contributed by atoms with Gasteiger partial charge in [0, 0.05) is 32.2 Å². The first-order valence-corrected chi connectivity index (χ1v) is 6.82. The first-order valence-electron chi connectivity index (χ1n) is 6.82. The molecule has 2 unspecified atom stereocenters. The van der Waals surface area contributed by atoms with E-state index in [2.05, 4.69) is 6.92 Å². The zero-order valence-electron chi connectivity index (χ0n) is 11.2. The highest BCUT2D eigenvalue weighted by atomic mass is 16.5. The smallest absolute Gasteiger partial charge is 0.224 e. The fourth-order valence-corrected chi connectivity index (χ4v) is 2.27. The third kappa shape index (κ3) is 5.04. The number of hydrogen-bond acceptors (Lipinski definition) is 3. The first-order chi connectivity index (χ1) is 8.17. The average Bonchev–Trinajstić information content (AvgIpc) is 2.78. The van der Waals surface area contributed by atoms with Gasteiger partial charge in [-0.15, -0.1) is 0 Å². The maximum atomic E-state index is 12.0. The molecule has 0 aromatic carbocycles. The van der Waals surface area contributed by atoms with Crippen molar-refractivity contribution in [3.05, 3.63) is 0 Å². The van der Waals surface area contributed by atoms with Crippen LogP contribution in [0.25, 0.3) is 0 Å². The standard InChI is InChI=1S/C13H26N2O2/c1-3-6-11(14)9-13(16)15(4-2)10-12-7-5-8-17-12/h11-12H,3-10,14H2,1-2H3. The molecule has 4 heteroatoms. The molecule has 0 spiro atoms. The lowest BCUT2D eigenvalue weighted by Gasteiger charge is -2.25. The van der Waals surface area contributed by atoms with Crippen LogP contribution in [0.4, 0.5) is 0 Å². The summed E-state index contributed by atoms with van der Waals surface area (Å²) in [5.74, 6) is 0.170. The third-order valence-electron chi connectivity index (χ3n) is 3.28. The Bertz CT molecular complexity index is 227. The van der Waals surface area contributed by atoms with Gasteiger partial charge in [-0.2, -0.15) is 0 Å². The molecule has 4 nitrogen and oxygen atoms in total. The van der Waals surface area contributed by atoms with Gasteiger partial charge in [0.25, 0.3) is 0 Å². The number of ether oxygens (including phenoxy) is 1. The first kappa shape index (κ1) is 14.5. The van der Waals surface area contributed by atoms with Crippen molar-refractivity contribution in [3.63, 3.8) is 0 Å². The van der Waals surface area contributed by atoms with Gasteiger partial charge >= 0.3 is 0 Å². The highest BCUT2D eigenvalue weighted by molar-refractivity contribution is 5.76. The monoisotopic (exact) mass is 242 g/mol. The van der Waals surface area contributed by atoms with E-state index in [1.807, 2.05) is 11.8 Å². The molecule has 1 aliphatic heterocycles. The van der Waals surface area contributed by atoms with Crippen molar-refractivity contribution in [1.29, 1.82) is 0 Å². The second-order valence-electron chi connectivity index (χ2n) is 4.82. The number of amides is 1. The van der Waals surface area contributed by atoms with Gasteiger partial charge in [0.05, 0.1) is 6.10 Å². The molecule has 2 N–H and O–H groups in total. The van der Waals surface area contributed by atoms with Crippen molar-refractivity contribution in [2.75, 3.05) is 19.7 Å². The van der Waals surface area contributed by atoms with Crippen LogP contribution in [0.5, 0.6) is 0 Å². The Balaban J connectivity index is 2.34. The van der Waals surface area contributed by atoms with Crippen LogP contribution < -0.4 is 5.73 Å². The number of likely N-dealkylation sites (N-methyl/N-ethyl adjacent to an activating group) is 1. The lowest BCUT2D eigenvalue weighted by Crippen LogP contribution is -2.40. The van der Waals surface area contributed by atoms with Crippen LogP contribution in [-0.4, -0.2) is 42.6 Å². The molecule has 0 bridgehead atoms. The summed E-state index contributed by atoms with van der Waals surface area (Å²) >= 11 is 0. The zero-order chi connectivity index (χ0) is 12.7. The van der Waals surface area contributed by atoms with Crippen molar-refractivity contribution in [1.82, 2.24) is 4.90 Å². The predicted molar refractivity (Wildman–Crippen MR) is 68.7 cm³/mol. The second-order valence-corrected chi connectivity index (χ2v) is 4.82. The lowest BCUT2D eigenvalue weighted by atomic mass is 10.1. The average molecular weight is 242 g/mol. The molecule has 0 aromatic rings. The molecular weight excluding hydrogens is 216 g/mol. The summed E-state index contributed by atoms with van der Waals surface area (Å²) in [6.45, 7) is 6.42. The summed E-state index contributed by atoms with van der Waals surface area (Å²) < 4.78 is 5.56. The van der Waals surface area contributed by atoms with E-state index in [-0.39, 0.29) is 18.1 Å². The number of carbonyl (C=O) groups excluding carboxylic acids is 1. The third-order valence-corrected chi connectivity index (χ3v) is 3.28. The minimum Gasteiger partial charge on any atom is -0.376 e. The van der Waals surface area contributed by atoms with Crippen LogP contribution in [-0.2, 0) is 9.53 Å². The van der Waals surface area contributed by atoms with E-state index in [0.29, 0.717) is 6.42 Å². The molecule has 2 atom stereocenters.